The van der Waals surface area contributed by atoms with E-state index in [1.54, 1.807) is 0 Å². The van der Waals surface area contributed by atoms with Gasteiger partial charge >= 0.3 is 0 Å². The van der Waals surface area contributed by atoms with Crippen molar-refractivity contribution in [3.05, 3.63) is 362 Å². The molecule has 0 fully saturated rings. The highest BCUT2D eigenvalue weighted by Gasteiger charge is 2.21. The summed E-state index contributed by atoms with van der Waals surface area (Å²) in [6.45, 7) is 0. The lowest BCUT2D eigenvalue weighted by Gasteiger charge is -2.28. The van der Waals surface area contributed by atoms with Gasteiger partial charge in [-0.3, -0.25) is 0 Å². The van der Waals surface area contributed by atoms with Crippen LogP contribution in [0, 0.1) is 0 Å². The van der Waals surface area contributed by atoms with Crippen LogP contribution in [0.3, 0.4) is 0 Å². The topological polar surface area (TPSA) is 14.7 Å². The van der Waals surface area contributed by atoms with Crippen LogP contribution < -0.4 is 14.7 Å². The molecule has 0 unspecified atom stereocenters. The Morgan fingerprint density at radius 1 is 0.225 bits per heavy atom. The molecule has 4 nitrogen and oxygen atoms in total. The normalized spacial score (nSPS) is 11.4. The van der Waals surface area contributed by atoms with Crippen LogP contribution in [-0.2, 0) is 0 Å². The van der Waals surface area contributed by atoms with Gasteiger partial charge in [0.1, 0.15) is 0 Å². The predicted molar refractivity (Wildman–Crippen MR) is 337 cm³/mol. The molecule has 0 amide bonds. The fourth-order valence-corrected chi connectivity index (χ4v) is 11.1. The van der Waals surface area contributed by atoms with E-state index in [0.717, 1.165) is 96.0 Å². The van der Waals surface area contributed by atoms with Crippen LogP contribution in [0.5, 0.6) is 0 Å². The Kier molecular flexibility index (Phi) is 13.8. The van der Waals surface area contributed by atoms with Gasteiger partial charge in [0.2, 0.25) is 0 Å². The Hall–Kier alpha value is -10.7. The summed E-state index contributed by atoms with van der Waals surface area (Å²) in [7, 11) is 0. The minimum atomic E-state index is 1.06. The number of hydrogen-bond acceptors (Lipinski definition) is 3. The number of anilines is 9. The summed E-state index contributed by atoms with van der Waals surface area (Å²) in [5, 5.41) is 1.21. The van der Waals surface area contributed by atoms with Crippen LogP contribution in [0.4, 0.5) is 51.2 Å². The molecule has 0 N–H and O–H groups in total. The zero-order chi connectivity index (χ0) is 53.5. The van der Waals surface area contributed by atoms with Gasteiger partial charge in [-0.2, -0.15) is 0 Å². The highest BCUT2D eigenvalue weighted by Crippen LogP contribution is 2.43. The number of fused-ring (bicyclic) bond motifs is 1. The molecule has 0 saturated heterocycles. The van der Waals surface area contributed by atoms with Gasteiger partial charge in [-0.1, -0.05) is 206 Å². The van der Waals surface area contributed by atoms with E-state index in [2.05, 4.69) is 359 Å². The Morgan fingerprint density at radius 3 is 0.850 bits per heavy atom. The Bertz CT molecular complexity index is 4110. The minimum absolute atomic E-state index is 1.06. The first-order valence-corrected chi connectivity index (χ1v) is 27.2. The molecule has 0 bridgehead atoms. The van der Waals surface area contributed by atoms with Crippen molar-refractivity contribution in [2.45, 2.75) is 0 Å². The van der Waals surface area contributed by atoms with Crippen molar-refractivity contribution < 1.29 is 0 Å². The molecule has 0 saturated carbocycles. The van der Waals surface area contributed by atoms with Crippen LogP contribution >= 0.6 is 0 Å². The van der Waals surface area contributed by atoms with Crippen molar-refractivity contribution in [2.75, 3.05) is 14.7 Å². The zero-order valence-corrected chi connectivity index (χ0v) is 44.1. The Labute approximate surface area is 468 Å². The molecule has 0 aliphatic rings. The van der Waals surface area contributed by atoms with Gasteiger partial charge in [-0.05, 0) is 172 Å². The van der Waals surface area contributed by atoms with E-state index in [1.165, 1.54) is 16.5 Å². The fourth-order valence-electron chi connectivity index (χ4n) is 11.1. The minimum Gasteiger partial charge on any atom is -0.311 e. The summed E-state index contributed by atoms with van der Waals surface area (Å²) in [6.07, 6.45) is 0. The average molecular weight is 1030 g/mol. The van der Waals surface area contributed by atoms with Gasteiger partial charge in [-0.15, -0.1) is 0 Å². The summed E-state index contributed by atoms with van der Waals surface area (Å²) in [4.78, 5) is 6.98. The average Bonchev–Trinajstić information content (AvgIpc) is 4.06. The van der Waals surface area contributed by atoms with E-state index >= 15 is 0 Å². The fraction of sp³-hybridized carbons (Fsp3) is 0. The van der Waals surface area contributed by atoms with Crippen LogP contribution in [0.2, 0.25) is 0 Å². The van der Waals surface area contributed by atoms with Crippen molar-refractivity contribution >= 4 is 73.2 Å². The van der Waals surface area contributed by atoms with Crippen LogP contribution in [0.15, 0.2) is 340 Å². The second-order valence-corrected chi connectivity index (χ2v) is 19.7. The summed E-state index contributed by atoms with van der Waals surface area (Å²) < 4.78 is 2.37. The molecule has 1 aromatic heterocycles. The highest BCUT2D eigenvalue weighted by atomic mass is 15.2. The number of aromatic nitrogens is 1. The van der Waals surface area contributed by atoms with Crippen molar-refractivity contribution in [3.8, 4) is 16.9 Å². The van der Waals surface area contributed by atoms with Gasteiger partial charge in [0, 0.05) is 62.3 Å². The molecule has 0 atom stereocenters. The third-order valence-electron chi connectivity index (χ3n) is 14.8. The van der Waals surface area contributed by atoms with Crippen molar-refractivity contribution in [1.29, 1.82) is 0 Å². The first kappa shape index (κ1) is 48.9. The lowest BCUT2D eigenvalue weighted by atomic mass is 9.85. The van der Waals surface area contributed by atoms with E-state index in [9.17, 15) is 0 Å². The SMILES string of the molecule is c1ccc(C(=C(c2ccccc2)c2ccc(N(c3ccccc3)c3ccc(-n4c(-c5ccccc5)cc5ccccc54)cc3)cc2)c2ccc(N(c3ccccc3)c3ccc(N(c4ccccc4)c4ccccc4)cc3)cc2)cc1. The molecular formula is C76H56N4. The monoisotopic (exact) mass is 1020 g/mol. The summed E-state index contributed by atoms with van der Waals surface area (Å²) in [6, 6.07) is 122. The van der Waals surface area contributed by atoms with Gasteiger partial charge < -0.3 is 19.3 Å². The first-order chi connectivity index (χ1) is 39.7. The third-order valence-corrected chi connectivity index (χ3v) is 14.8. The van der Waals surface area contributed by atoms with Gasteiger partial charge in [0.05, 0.1) is 11.2 Å². The largest absolute Gasteiger partial charge is 0.311 e. The summed E-state index contributed by atoms with van der Waals surface area (Å²) in [5.74, 6) is 0. The summed E-state index contributed by atoms with van der Waals surface area (Å²) >= 11 is 0. The molecule has 80 heavy (non-hydrogen) atoms. The lowest BCUT2D eigenvalue weighted by Crippen LogP contribution is -2.12. The number of para-hydroxylation sites is 5. The Balaban J connectivity index is 0.884. The number of rotatable bonds is 15. The molecule has 0 spiro atoms. The van der Waals surface area contributed by atoms with Gasteiger partial charge in [-0.25, -0.2) is 0 Å². The second kappa shape index (κ2) is 22.5. The maximum absolute atomic E-state index is 2.37. The number of hydrogen-bond donors (Lipinski definition) is 0. The quantitative estimate of drug-likeness (QED) is 0.0951. The standard InChI is InChI=1S/C76H56N4/c1-8-24-57(25-9-1)74-56-62-30-22-23-39-73(62)80(74)72-54-52-71(53-55-72)79(66-37-20-7-21-38-66)68-46-42-61(43-47-68)76(59-28-12-3-13-29-59)75(58-26-10-2-11-27-58)60-40-44-67(45-41-60)78(65-35-18-6-19-36-65)70-50-48-69(49-51-70)77(63-31-14-4-15-32-63)64-33-16-5-17-34-64/h1-56H. The van der Waals surface area contributed by atoms with Crippen LogP contribution in [0.1, 0.15) is 22.3 Å². The maximum Gasteiger partial charge on any atom is 0.0540 e. The van der Waals surface area contributed by atoms with E-state index in [-0.39, 0.29) is 0 Å². The molecular weight excluding hydrogens is 969 g/mol. The van der Waals surface area contributed by atoms with Crippen LogP contribution in [0.25, 0.3) is 39.0 Å². The zero-order valence-electron chi connectivity index (χ0n) is 44.1. The predicted octanol–water partition coefficient (Wildman–Crippen LogP) is 20.7. The lowest BCUT2D eigenvalue weighted by molar-refractivity contribution is 1.13. The van der Waals surface area contributed by atoms with E-state index in [4.69, 9.17) is 0 Å². The smallest absolute Gasteiger partial charge is 0.0540 e. The molecule has 380 valence electrons. The van der Waals surface area contributed by atoms with E-state index in [0.29, 0.717) is 0 Å². The Morgan fingerprint density at radius 2 is 0.487 bits per heavy atom. The molecule has 13 rings (SSSR count). The van der Waals surface area contributed by atoms with Crippen molar-refractivity contribution in [2.24, 2.45) is 0 Å². The third kappa shape index (κ3) is 9.97. The van der Waals surface area contributed by atoms with Crippen molar-refractivity contribution in [3.63, 3.8) is 0 Å². The molecule has 13 aromatic rings. The van der Waals surface area contributed by atoms with E-state index in [1.807, 2.05) is 0 Å². The summed E-state index contributed by atoms with van der Waals surface area (Å²) in [5.41, 5.74) is 21.1. The molecule has 4 heteroatoms. The molecule has 1 heterocycles. The van der Waals surface area contributed by atoms with Crippen molar-refractivity contribution in [1.82, 2.24) is 4.57 Å². The highest BCUT2D eigenvalue weighted by molar-refractivity contribution is 6.05. The maximum atomic E-state index is 2.37. The van der Waals surface area contributed by atoms with Gasteiger partial charge in [0.25, 0.3) is 0 Å². The van der Waals surface area contributed by atoms with E-state index < -0.39 is 0 Å². The molecule has 0 aliphatic heterocycles. The molecule has 0 aliphatic carbocycles. The molecule has 12 aromatic carbocycles. The van der Waals surface area contributed by atoms with Gasteiger partial charge in [0.15, 0.2) is 0 Å². The number of benzene rings is 12. The first-order valence-electron chi connectivity index (χ1n) is 27.2. The number of nitrogens with zero attached hydrogens (tertiary/aromatic N) is 4. The van der Waals surface area contributed by atoms with Crippen LogP contribution in [-0.4, -0.2) is 4.57 Å². The second-order valence-electron chi connectivity index (χ2n) is 19.7. The molecule has 0 radical (unpaired) electrons.